The Balaban J connectivity index is 2.42. The van der Waals surface area contributed by atoms with Gasteiger partial charge in [0.1, 0.15) is 11.4 Å². The standard InChI is InChI=1S/C14H20ClFN2O2/c1-14(2,3)20-13(19)18-8-10(17)6-9-4-5-11(15)12(16)7-9/h4-5,7,10H,6,8,17H2,1-3H3,(H,18,19). The van der Waals surface area contributed by atoms with Gasteiger partial charge in [-0.1, -0.05) is 17.7 Å². The summed E-state index contributed by atoms with van der Waals surface area (Å²) in [6.45, 7) is 5.59. The minimum absolute atomic E-state index is 0.0780. The Morgan fingerprint density at radius 2 is 2.15 bits per heavy atom. The highest BCUT2D eigenvalue weighted by atomic mass is 35.5. The van der Waals surface area contributed by atoms with Crippen LogP contribution in [0.5, 0.6) is 0 Å². The van der Waals surface area contributed by atoms with E-state index in [1.54, 1.807) is 26.8 Å². The van der Waals surface area contributed by atoms with Crippen molar-refractivity contribution in [1.29, 1.82) is 0 Å². The van der Waals surface area contributed by atoms with Gasteiger partial charge in [0.15, 0.2) is 0 Å². The minimum Gasteiger partial charge on any atom is -0.444 e. The molecule has 0 aliphatic heterocycles. The summed E-state index contributed by atoms with van der Waals surface area (Å²) in [5, 5.41) is 2.66. The van der Waals surface area contributed by atoms with Gasteiger partial charge in [0, 0.05) is 12.6 Å². The highest BCUT2D eigenvalue weighted by molar-refractivity contribution is 6.30. The van der Waals surface area contributed by atoms with Crippen LogP contribution in [0.25, 0.3) is 0 Å². The number of hydrogen-bond acceptors (Lipinski definition) is 3. The third-order valence-corrected chi connectivity index (χ3v) is 2.70. The molecule has 0 saturated heterocycles. The fourth-order valence-electron chi connectivity index (χ4n) is 1.57. The fraction of sp³-hybridized carbons (Fsp3) is 0.500. The van der Waals surface area contributed by atoms with Crippen molar-refractivity contribution in [3.63, 3.8) is 0 Å². The van der Waals surface area contributed by atoms with Crippen LogP contribution < -0.4 is 11.1 Å². The molecule has 6 heteroatoms. The molecule has 0 heterocycles. The summed E-state index contributed by atoms with van der Waals surface area (Å²) in [6, 6.07) is 4.21. The molecule has 0 fully saturated rings. The first kappa shape index (κ1) is 16.7. The van der Waals surface area contributed by atoms with Gasteiger partial charge in [-0.15, -0.1) is 0 Å². The Bertz CT molecular complexity index is 475. The van der Waals surface area contributed by atoms with Crippen LogP contribution in [0.2, 0.25) is 5.02 Å². The van der Waals surface area contributed by atoms with Gasteiger partial charge in [0.25, 0.3) is 0 Å². The summed E-state index contributed by atoms with van der Waals surface area (Å²) in [5.41, 5.74) is 6.06. The zero-order chi connectivity index (χ0) is 15.3. The highest BCUT2D eigenvalue weighted by Gasteiger charge is 2.16. The smallest absolute Gasteiger partial charge is 0.407 e. The van der Waals surface area contributed by atoms with E-state index in [0.29, 0.717) is 6.42 Å². The summed E-state index contributed by atoms with van der Waals surface area (Å²) in [7, 11) is 0. The lowest BCUT2D eigenvalue weighted by molar-refractivity contribution is 0.0524. The second kappa shape index (κ2) is 6.90. The Kier molecular flexibility index (Phi) is 5.77. The molecule has 0 saturated carbocycles. The van der Waals surface area contributed by atoms with Crippen molar-refractivity contribution >= 4 is 17.7 Å². The van der Waals surface area contributed by atoms with E-state index in [1.807, 2.05) is 0 Å². The van der Waals surface area contributed by atoms with Crippen LogP contribution in [-0.2, 0) is 11.2 Å². The zero-order valence-corrected chi connectivity index (χ0v) is 12.6. The number of carbonyl (C=O) groups excluding carboxylic acids is 1. The van der Waals surface area contributed by atoms with Gasteiger partial charge in [-0.2, -0.15) is 0 Å². The molecule has 3 N–H and O–H groups in total. The van der Waals surface area contributed by atoms with Crippen molar-refractivity contribution in [3.8, 4) is 0 Å². The molecule has 0 aliphatic rings. The van der Waals surface area contributed by atoms with Gasteiger partial charge in [0.05, 0.1) is 5.02 Å². The number of alkyl carbamates (subject to hydrolysis) is 1. The summed E-state index contributed by atoms with van der Waals surface area (Å²) < 4.78 is 18.4. The van der Waals surface area contributed by atoms with Gasteiger partial charge >= 0.3 is 6.09 Å². The first-order valence-electron chi connectivity index (χ1n) is 6.34. The van der Waals surface area contributed by atoms with Crippen LogP contribution in [0, 0.1) is 5.82 Å². The Morgan fingerprint density at radius 3 is 2.70 bits per heavy atom. The van der Waals surface area contributed by atoms with Crippen LogP contribution in [0.1, 0.15) is 26.3 Å². The van der Waals surface area contributed by atoms with E-state index < -0.39 is 17.5 Å². The van der Waals surface area contributed by atoms with Crippen molar-refractivity contribution in [1.82, 2.24) is 5.32 Å². The molecule has 1 atom stereocenters. The van der Waals surface area contributed by atoms with Crippen molar-refractivity contribution in [2.45, 2.75) is 38.8 Å². The van der Waals surface area contributed by atoms with E-state index in [4.69, 9.17) is 22.1 Å². The Morgan fingerprint density at radius 1 is 1.50 bits per heavy atom. The zero-order valence-electron chi connectivity index (χ0n) is 11.9. The number of rotatable bonds is 4. The van der Waals surface area contributed by atoms with E-state index in [-0.39, 0.29) is 17.6 Å². The van der Waals surface area contributed by atoms with Crippen LogP contribution in [0.3, 0.4) is 0 Å². The number of halogens is 2. The quantitative estimate of drug-likeness (QED) is 0.899. The van der Waals surface area contributed by atoms with E-state index in [2.05, 4.69) is 5.32 Å². The van der Waals surface area contributed by atoms with Crippen molar-refractivity contribution in [2.75, 3.05) is 6.54 Å². The van der Waals surface area contributed by atoms with Crippen LogP contribution >= 0.6 is 11.6 Å². The third-order valence-electron chi connectivity index (χ3n) is 2.39. The molecule has 1 amide bonds. The molecule has 0 aliphatic carbocycles. The van der Waals surface area contributed by atoms with Gasteiger partial charge in [0.2, 0.25) is 0 Å². The molecule has 4 nitrogen and oxygen atoms in total. The highest BCUT2D eigenvalue weighted by Crippen LogP contribution is 2.16. The van der Waals surface area contributed by atoms with Gasteiger partial charge in [-0.25, -0.2) is 9.18 Å². The average Bonchev–Trinajstić information content (AvgIpc) is 2.29. The van der Waals surface area contributed by atoms with Crippen LogP contribution in [-0.4, -0.2) is 24.3 Å². The van der Waals surface area contributed by atoms with Crippen molar-refractivity contribution in [3.05, 3.63) is 34.6 Å². The normalized spacial score (nSPS) is 12.9. The van der Waals surface area contributed by atoms with Crippen LogP contribution in [0.4, 0.5) is 9.18 Å². The van der Waals surface area contributed by atoms with Gasteiger partial charge in [-0.3, -0.25) is 0 Å². The number of benzene rings is 1. The molecule has 1 rings (SSSR count). The molecule has 1 aromatic rings. The van der Waals surface area contributed by atoms with Crippen molar-refractivity contribution < 1.29 is 13.9 Å². The molecular formula is C14H20ClFN2O2. The first-order chi connectivity index (χ1) is 9.17. The molecule has 0 spiro atoms. The maximum absolute atomic E-state index is 13.3. The molecule has 0 aromatic heterocycles. The molecule has 1 aromatic carbocycles. The second-order valence-corrected chi connectivity index (χ2v) is 6.00. The maximum Gasteiger partial charge on any atom is 0.407 e. The minimum atomic E-state index is -0.548. The largest absolute Gasteiger partial charge is 0.444 e. The lowest BCUT2D eigenvalue weighted by Crippen LogP contribution is -2.41. The fourth-order valence-corrected chi connectivity index (χ4v) is 1.69. The summed E-state index contributed by atoms with van der Waals surface area (Å²) in [6.07, 6.45) is -0.0839. The van der Waals surface area contributed by atoms with Crippen molar-refractivity contribution in [2.24, 2.45) is 5.73 Å². The van der Waals surface area contributed by atoms with Gasteiger partial charge in [-0.05, 0) is 44.9 Å². The van der Waals surface area contributed by atoms with E-state index in [9.17, 15) is 9.18 Å². The number of nitrogens with two attached hydrogens (primary N) is 1. The molecular weight excluding hydrogens is 283 g/mol. The monoisotopic (exact) mass is 302 g/mol. The summed E-state index contributed by atoms with van der Waals surface area (Å²) >= 11 is 5.60. The number of carbonyl (C=O) groups is 1. The maximum atomic E-state index is 13.3. The van der Waals surface area contributed by atoms with E-state index in [1.165, 1.54) is 12.1 Å². The molecule has 20 heavy (non-hydrogen) atoms. The Labute approximate surface area is 123 Å². The van der Waals surface area contributed by atoms with Crippen LogP contribution in [0.15, 0.2) is 18.2 Å². The van der Waals surface area contributed by atoms with E-state index in [0.717, 1.165) is 5.56 Å². The lowest BCUT2D eigenvalue weighted by Gasteiger charge is -2.20. The molecule has 0 radical (unpaired) electrons. The number of nitrogens with one attached hydrogen (secondary N) is 1. The third kappa shape index (κ3) is 6.21. The Hall–Kier alpha value is -1.33. The number of amides is 1. The summed E-state index contributed by atoms with van der Waals surface area (Å²) in [5.74, 6) is -0.475. The predicted octanol–water partition coefficient (Wildman–Crippen LogP) is 2.87. The average molecular weight is 303 g/mol. The molecule has 1 unspecified atom stereocenters. The number of ether oxygens (including phenoxy) is 1. The first-order valence-corrected chi connectivity index (χ1v) is 6.71. The topological polar surface area (TPSA) is 64.3 Å². The van der Waals surface area contributed by atoms with E-state index >= 15 is 0 Å². The van der Waals surface area contributed by atoms with Gasteiger partial charge < -0.3 is 15.8 Å². The second-order valence-electron chi connectivity index (χ2n) is 5.60. The summed E-state index contributed by atoms with van der Waals surface area (Å²) in [4.78, 5) is 11.4. The lowest BCUT2D eigenvalue weighted by atomic mass is 10.1. The molecule has 112 valence electrons. The molecule has 0 bridgehead atoms. The predicted molar refractivity (Wildman–Crippen MR) is 77.3 cm³/mol. The number of hydrogen-bond donors (Lipinski definition) is 2. The SMILES string of the molecule is CC(C)(C)OC(=O)NCC(N)Cc1ccc(Cl)c(F)c1.